The van der Waals surface area contributed by atoms with E-state index in [1.807, 2.05) is 26.2 Å². The molecule has 5 nitrogen and oxygen atoms in total. The van der Waals surface area contributed by atoms with Crippen molar-refractivity contribution in [1.82, 2.24) is 15.6 Å². The van der Waals surface area contributed by atoms with Gasteiger partial charge in [0.2, 0.25) is 0 Å². The van der Waals surface area contributed by atoms with Gasteiger partial charge in [-0.1, -0.05) is 20.8 Å². The largest absolute Gasteiger partial charge is 0.388 e. The summed E-state index contributed by atoms with van der Waals surface area (Å²) in [6.07, 6.45) is 2.14. The van der Waals surface area contributed by atoms with Gasteiger partial charge in [0, 0.05) is 11.9 Å². The molecule has 114 valence electrons. The Morgan fingerprint density at radius 1 is 1.45 bits per heavy atom. The molecule has 6 heteroatoms. The van der Waals surface area contributed by atoms with Crippen molar-refractivity contribution in [2.24, 2.45) is 0 Å². The number of nitrogens with zero attached hydrogens (tertiary/aromatic N) is 1. The number of nitrogens with one attached hydrogen (secondary N) is 2. The Hall–Kier alpha value is -1.14. The van der Waals surface area contributed by atoms with Crippen molar-refractivity contribution in [3.05, 3.63) is 16.1 Å². The van der Waals surface area contributed by atoms with Crippen LogP contribution in [0.2, 0.25) is 0 Å². The number of carbonyl (C=O) groups is 1. The molecule has 0 radical (unpaired) electrons. The third-order valence-electron chi connectivity index (χ3n) is 3.56. The van der Waals surface area contributed by atoms with Crippen molar-refractivity contribution in [2.45, 2.75) is 58.6 Å². The molecule has 0 aliphatic rings. The van der Waals surface area contributed by atoms with Crippen LogP contribution in [-0.4, -0.2) is 28.3 Å². The lowest BCUT2D eigenvalue weighted by atomic mass is 9.98. The number of thiazole rings is 1. The van der Waals surface area contributed by atoms with E-state index in [0.717, 1.165) is 17.1 Å². The van der Waals surface area contributed by atoms with Crippen LogP contribution >= 0.6 is 11.3 Å². The maximum atomic E-state index is 11.8. The molecule has 0 saturated carbocycles. The molecule has 1 aromatic heterocycles. The lowest BCUT2D eigenvalue weighted by molar-refractivity contribution is 0.0349. The monoisotopic (exact) mass is 299 g/mol. The number of aryl methyl sites for hydroxylation is 1. The highest BCUT2D eigenvalue weighted by Crippen LogP contribution is 2.17. The first kappa shape index (κ1) is 16.9. The van der Waals surface area contributed by atoms with Crippen LogP contribution in [0.5, 0.6) is 0 Å². The van der Waals surface area contributed by atoms with E-state index in [2.05, 4.69) is 22.5 Å². The number of carbonyl (C=O) groups excluding carboxylic acids is 1. The molecule has 0 saturated heterocycles. The van der Waals surface area contributed by atoms with Gasteiger partial charge in [0.05, 0.1) is 22.3 Å². The van der Waals surface area contributed by atoms with Gasteiger partial charge < -0.3 is 15.7 Å². The van der Waals surface area contributed by atoms with Gasteiger partial charge in [-0.2, -0.15) is 0 Å². The second-order valence-electron chi connectivity index (χ2n) is 5.00. The first-order valence-electron chi connectivity index (χ1n) is 7.15. The Bertz CT molecular complexity index is 430. The minimum Gasteiger partial charge on any atom is -0.388 e. The molecule has 0 aliphatic heterocycles. The van der Waals surface area contributed by atoms with E-state index in [-0.39, 0.29) is 18.6 Å². The van der Waals surface area contributed by atoms with Gasteiger partial charge in [0.15, 0.2) is 0 Å². The van der Waals surface area contributed by atoms with Gasteiger partial charge >= 0.3 is 6.03 Å². The van der Waals surface area contributed by atoms with Crippen molar-refractivity contribution in [3.8, 4) is 0 Å². The van der Waals surface area contributed by atoms with Crippen LogP contribution in [-0.2, 0) is 6.42 Å². The summed E-state index contributed by atoms with van der Waals surface area (Å²) in [5, 5.41) is 18.7. The smallest absolute Gasteiger partial charge is 0.315 e. The van der Waals surface area contributed by atoms with Crippen LogP contribution in [0.3, 0.4) is 0 Å². The Kier molecular flexibility index (Phi) is 6.42. The molecule has 0 spiro atoms. The third-order valence-corrected chi connectivity index (χ3v) is 4.57. The SMILES string of the molecule is CCc1nc(C(C)NC(=O)NCC(O)(CC)CC)cs1. The molecule has 1 rings (SSSR count). The average molecular weight is 299 g/mol. The maximum Gasteiger partial charge on any atom is 0.315 e. The van der Waals surface area contributed by atoms with E-state index in [1.54, 1.807) is 11.3 Å². The number of amides is 2. The zero-order valence-electron chi connectivity index (χ0n) is 12.7. The molecule has 1 aromatic rings. The van der Waals surface area contributed by atoms with E-state index >= 15 is 0 Å². The van der Waals surface area contributed by atoms with E-state index in [4.69, 9.17) is 0 Å². The summed E-state index contributed by atoms with van der Waals surface area (Å²) >= 11 is 1.61. The average Bonchev–Trinajstić information content (AvgIpc) is 2.94. The topological polar surface area (TPSA) is 74.2 Å². The second kappa shape index (κ2) is 7.59. The normalized spacial score (nSPS) is 13.1. The van der Waals surface area contributed by atoms with Crippen LogP contribution < -0.4 is 10.6 Å². The molecule has 1 heterocycles. The van der Waals surface area contributed by atoms with Crippen molar-refractivity contribution in [3.63, 3.8) is 0 Å². The fraction of sp³-hybridized carbons (Fsp3) is 0.714. The lowest BCUT2D eigenvalue weighted by Crippen LogP contribution is -2.46. The Morgan fingerprint density at radius 3 is 2.60 bits per heavy atom. The molecule has 0 fully saturated rings. The van der Waals surface area contributed by atoms with Gasteiger partial charge in [-0.25, -0.2) is 9.78 Å². The number of aliphatic hydroxyl groups is 1. The predicted molar refractivity (Wildman–Crippen MR) is 82.0 cm³/mol. The van der Waals surface area contributed by atoms with Gasteiger partial charge in [0.1, 0.15) is 0 Å². The minimum atomic E-state index is -0.823. The number of rotatable bonds is 7. The summed E-state index contributed by atoms with van der Waals surface area (Å²) in [6.45, 7) is 8.04. The van der Waals surface area contributed by atoms with Crippen molar-refractivity contribution in [1.29, 1.82) is 0 Å². The predicted octanol–water partition coefficient (Wildman–Crippen LogP) is 2.62. The zero-order chi connectivity index (χ0) is 15.2. The Labute approximate surface area is 124 Å². The first-order valence-corrected chi connectivity index (χ1v) is 8.03. The Morgan fingerprint density at radius 2 is 2.10 bits per heavy atom. The number of hydrogen-bond donors (Lipinski definition) is 3. The van der Waals surface area contributed by atoms with E-state index < -0.39 is 5.60 Å². The van der Waals surface area contributed by atoms with Crippen molar-refractivity contribution in [2.75, 3.05) is 6.54 Å². The van der Waals surface area contributed by atoms with Gasteiger partial charge in [-0.05, 0) is 26.2 Å². The molecule has 1 unspecified atom stereocenters. The molecule has 3 N–H and O–H groups in total. The second-order valence-corrected chi connectivity index (χ2v) is 5.94. The van der Waals surface area contributed by atoms with Crippen LogP contribution in [0.15, 0.2) is 5.38 Å². The summed E-state index contributed by atoms with van der Waals surface area (Å²) in [4.78, 5) is 16.3. The van der Waals surface area contributed by atoms with E-state index in [1.165, 1.54) is 0 Å². The molecule has 20 heavy (non-hydrogen) atoms. The molecule has 0 aliphatic carbocycles. The molecular weight excluding hydrogens is 274 g/mol. The molecule has 2 amide bonds. The molecule has 0 aromatic carbocycles. The summed E-state index contributed by atoms with van der Waals surface area (Å²) < 4.78 is 0. The van der Waals surface area contributed by atoms with Gasteiger partial charge in [-0.3, -0.25) is 0 Å². The summed E-state index contributed by atoms with van der Waals surface area (Å²) in [7, 11) is 0. The minimum absolute atomic E-state index is 0.136. The third kappa shape index (κ3) is 4.76. The highest BCUT2D eigenvalue weighted by molar-refractivity contribution is 7.09. The van der Waals surface area contributed by atoms with Gasteiger partial charge in [-0.15, -0.1) is 11.3 Å². The number of hydrogen-bond acceptors (Lipinski definition) is 4. The lowest BCUT2D eigenvalue weighted by Gasteiger charge is -2.25. The van der Waals surface area contributed by atoms with E-state index in [0.29, 0.717) is 12.8 Å². The fourth-order valence-electron chi connectivity index (χ4n) is 1.75. The first-order chi connectivity index (χ1) is 9.44. The number of aromatic nitrogens is 1. The molecule has 1 atom stereocenters. The van der Waals surface area contributed by atoms with E-state index in [9.17, 15) is 9.90 Å². The maximum absolute atomic E-state index is 11.8. The zero-order valence-corrected chi connectivity index (χ0v) is 13.5. The standard InChI is InChI=1S/C14H25N3O2S/c1-5-12-17-11(8-20-12)10(4)16-13(18)15-9-14(19,6-2)7-3/h8,10,19H,5-7,9H2,1-4H3,(H2,15,16,18). The summed E-state index contributed by atoms with van der Waals surface area (Å²) in [5.41, 5.74) is 0.0552. The van der Waals surface area contributed by atoms with Crippen LogP contribution in [0, 0.1) is 0 Å². The summed E-state index contributed by atoms with van der Waals surface area (Å²) in [5.74, 6) is 0. The van der Waals surface area contributed by atoms with Gasteiger partial charge in [0.25, 0.3) is 0 Å². The van der Waals surface area contributed by atoms with Crippen molar-refractivity contribution < 1.29 is 9.90 Å². The summed E-state index contributed by atoms with van der Waals surface area (Å²) in [6, 6.07) is -0.410. The molecule has 0 bridgehead atoms. The Balaban J connectivity index is 2.45. The van der Waals surface area contributed by atoms with Crippen LogP contribution in [0.1, 0.15) is 57.3 Å². The highest BCUT2D eigenvalue weighted by atomic mass is 32.1. The fourth-order valence-corrected chi connectivity index (χ4v) is 2.59. The molecular formula is C14H25N3O2S. The highest BCUT2D eigenvalue weighted by Gasteiger charge is 2.23. The van der Waals surface area contributed by atoms with Crippen LogP contribution in [0.25, 0.3) is 0 Å². The quantitative estimate of drug-likeness (QED) is 0.724. The number of urea groups is 1. The van der Waals surface area contributed by atoms with Crippen molar-refractivity contribution >= 4 is 17.4 Å². The van der Waals surface area contributed by atoms with Crippen LogP contribution in [0.4, 0.5) is 4.79 Å².